The number of hydrogen-bond donors (Lipinski definition) is 1. The summed E-state index contributed by atoms with van der Waals surface area (Å²) in [5, 5.41) is 2.83. The predicted molar refractivity (Wildman–Crippen MR) is 107 cm³/mol. The SMILES string of the molecule is O=C(Cc1coc(-c2ccccc2)n1)Nc1ccccc1C(=O)N1CCOCC1. The Kier molecular flexibility index (Phi) is 5.67. The van der Waals surface area contributed by atoms with E-state index in [1.807, 2.05) is 30.3 Å². The number of oxazole rings is 1. The Bertz CT molecular complexity index is 994. The van der Waals surface area contributed by atoms with Crippen molar-refractivity contribution < 1.29 is 18.7 Å². The topological polar surface area (TPSA) is 84.7 Å². The van der Waals surface area contributed by atoms with Gasteiger partial charge in [-0.3, -0.25) is 9.59 Å². The number of ether oxygens (including phenoxy) is 1. The summed E-state index contributed by atoms with van der Waals surface area (Å²) in [6.07, 6.45) is 1.53. The van der Waals surface area contributed by atoms with Gasteiger partial charge in [-0.25, -0.2) is 4.98 Å². The van der Waals surface area contributed by atoms with Crippen LogP contribution in [-0.4, -0.2) is 48.0 Å². The van der Waals surface area contributed by atoms with Gasteiger partial charge in [0.25, 0.3) is 5.91 Å². The predicted octanol–water partition coefficient (Wildman–Crippen LogP) is 3.00. The standard InChI is InChI=1S/C22H21N3O4/c26-20(14-17-15-29-21(23-17)16-6-2-1-3-7-16)24-19-9-5-4-8-18(19)22(27)25-10-12-28-13-11-25/h1-9,15H,10-14H2,(H,24,26). The highest BCUT2D eigenvalue weighted by atomic mass is 16.5. The largest absolute Gasteiger partial charge is 0.444 e. The first kappa shape index (κ1) is 18.9. The number of para-hydroxylation sites is 1. The van der Waals surface area contributed by atoms with Crippen LogP contribution >= 0.6 is 0 Å². The summed E-state index contributed by atoms with van der Waals surface area (Å²) >= 11 is 0. The van der Waals surface area contributed by atoms with Crippen molar-refractivity contribution in [3.8, 4) is 11.5 Å². The molecule has 0 aliphatic carbocycles. The molecule has 0 radical (unpaired) electrons. The number of aromatic nitrogens is 1. The number of hydrogen-bond acceptors (Lipinski definition) is 5. The van der Waals surface area contributed by atoms with Crippen molar-refractivity contribution in [1.29, 1.82) is 0 Å². The lowest BCUT2D eigenvalue weighted by molar-refractivity contribution is -0.115. The molecule has 2 amide bonds. The molecule has 1 aliphatic heterocycles. The normalized spacial score (nSPS) is 13.9. The van der Waals surface area contributed by atoms with Gasteiger partial charge in [0.1, 0.15) is 6.26 Å². The lowest BCUT2D eigenvalue weighted by Crippen LogP contribution is -2.41. The van der Waals surface area contributed by atoms with Crippen LogP contribution in [0.1, 0.15) is 16.1 Å². The fourth-order valence-corrected chi connectivity index (χ4v) is 3.18. The third kappa shape index (κ3) is 4.52. The van der Waals surface area contributed by atoms with Crippen LogP contribution in [0.4, 0.5) is 5.69 Å². The highest BCUT2D eigenvalue weighted by molar-refractivity contribution is 6.04. The molecule has 3 aromatic rings. The highest BCUT2D eigenvalue weighted by Crippen LogP contribution is 2.20. The van der Waals surface area contributed by atoms with Crippen molar-refractivity contribution in [1.82, 2.24) is 9.88 Å². The molecule has 0 spiro atoms. The summed E-state index contributed by atoms with van der Waals surface area (Å²) in [6, 6.07) is 16.5. The molecule has 7 heteroatoms. The van der Waals surface area contributed by atoms with Gasteiger partial charge in [0.2, 0.25) is 11.8 Å². The summed E-state index contributed by atoms with van der Waals surface area (Å²) in [5.74, 6) is 0.0911. The lowest BCUT2D eigenvalue weighted by Gasteiger charge is -2.27. The average Bonchev–Trinajstić information content (AvgIpc) is 3.23. The van der Waals surface area contributed by atoms with Crippen molar-refractivity contribution in [3.05, 3.63) is 72.1 Å². The molecule has 0 bridgehead atoms. The number of nitrogens with zero attached hydrogens (tertiary/aromatic N) is 2. The van der Waals surface area contributed by atoms with Gasteiger partial charge in [-0.1, -0.05) is 30.3 Å². The van der Waals surface area contributed by atoms with Gasteiger partial charge in [-0.2, -0.15) is 0 Å². The minimum absolute atomic E-state index is 0.0520. The molecule has 0 unspecified atom stereocenters. The summed E-state index contributed by atoms with van der Waals surface area (Å²) in [5.41, 5.74) is 2.33. The maximum absolute atomic E-state index is 12.8. The second-order valence-electron chi connectivity index (χ2n) is 6.69. The van der Waals surface area contributed by atoms with Crippen LogP contribution in [0.2, 0.25) is 0 Å². The summed E-state index contributed by atoms with van der Waals surface area (Å²) in [6.45, 7) is 2.14. The number of benzene rings is 2. The maximum atomic E-state index is 12.8. The first-order valence-corrected chi connectivity index (χ1v) is 9.46. The molecule has 0 atom stereocenters. The van der Waals surface area contributed by atoms with Gasteiger partial charge in [0.05, 0.1) is 36.6 Å². The number of carbonyl (C=O) groups excluding carboxylic acids is 2. The minimum Gasteiger partial charge on any atom is -0.444 e. The third-order valence-corrected chi connectivity index (χ3v) is 4.64. The van der Waals surface area contributed by atoms with Crippen LogP contribution in [-0.2, 0) is 16.0 Å². The van der Waals surface area contributed by atoms with Gasteiger partial charge in [0, 0.05) is 18.7 Å². The molecule has 1 N–H and O–H groups in total. The van der Waals surface area contributed by atoms with Crippen molar-refractivity contribution >= 4 is 17.5 Å². The van der Waals surface area contributed by atoms with Gasteiger partial charge in [-0.05, 0) is 24.3 Å². The van der Waals surface area contributed by atoms with Crippen LogP contribution in [0.5, 0.6) is 0 Å². The van der Waals surface area contributed by atoms with Crippen molar-refractivity contribution in [2.45, 2.75) is 6.42 Å². The van der Waals surface area contributed by atoms with E-state index in [1.165, 1.54) is 6.26 Å². The smallest absolute Gasteiger partial charge is 0.256 e. The van der Waals surface area contributed by atoms with Gasteiger partial charge < -0.3 is 19.4 Å². The Morgan fingerprint density at radius 2 is 1.72 bits per heavy atom. The quantitative estimate of drug-likeness (QED) is 0.723. The molecule has 7 nitrogen and oxygen atoms in total. The molecular weight excluding hydrogens is 370 g/mol. The van der Waals surface area contributed by atoms with Crippen LogP contribution in [0.3, 0.4) is 0 Å². The summed E-state index contributed by atoms with van der Waals surface area (Å²) in [7, 11) is 0. The maximum Gasteiger partial charge on any atom is 0.256 e. The Morgan fingerprint density at radius 3 is 2.52 bits per heavy atom. The van der Waals surface area contributed by atoms with E-state index in [1.54, 1.807) is 29.2 Å². The molecule has 1 saturated heterocycles. The van der Waals surface area contributed by atoms with E-state index in [-0.39, 0.29) is 18.2 Å². The van der Waals surface area contributed by atoms with E-state index in [9.17, 15) is 9.59 Å². The Hall–Kier alpha value is -3.45. The van der Waals surface area contributed by atoms with Crippen molar-refractivity contribution in [2.75, 3.05) is 31.6 Å². The zero-order valence-corrected chi connectivity index (χ0v) is 15.8. The highest BCUT2D eigenvalue weighted by Gasteiger charge is 2.21. The molecule has 0 saturated carbocycles. The zero-order valence-electron chi connectivity index (χ0n) is 15.8. The Morgan fingerprint density at radius 1 is 1.00 bits per heavy atom. The minimum atomic E-state index is -0.264. The van der Waals surface area contributed by atoms with Gasteiger partial charge in [-0.15, -0.1) is 0 Å². The number of rotatable bonds is 5. The van der Waals surface area contributed by atoms with E-state index in [0.717, 1.165) is 5.56 Å². The van der Waals surface area contributed by atoms with Crippen molar-refractivity contribution in [2.24, 2.45) is 0 Å². The molecule has 1 aliphatic rings. The average molecular weight is 391 g/mol. The fraction of sp³-hybridized carbons (Fsp3) is 0.227. The molecule has 2 heterocycles. The van der Waals surface area contributed by atoms with Crippen molar-refractivity contribution in [3.63, 3.8) is 0 Å². The molecular formula is C22H21N3O4. The molecule has 148 valence electrons. The second kappa shape index (κ2) is 8.70. The van der Waals surface area contributed by atoms with E-state index in [2.05, 4.69) is 10.3 Å². The lowest BCUT2D eigenvalue weighted by atomic mass is 10.1. The van der Waals surface area contributed by atoms with E-state index in [4.69, 9.17) is 9.15 Å². The molecule has 29 heavy (non-hydrogen) atoms. The zero-order chi connectivity index (χ0) is 20.1. The second-order valence-corrected chi connectivity index (χ2v) is 6.69. The number of anilines is 1. The Balaban J connectivity index is 1.44. The van der Waals surface area contributed by atoms with Gasteiger partial charge >= 0.3 is 0 Å². The van der Waals surface area contributed by atoms with E-state index in [0.29, 0.717) is 49.1 Å². The number of amides is 2. The number of nitrogens with one attached hydrogen (secondary N) is 1. The molecule has 4 rings (SSSR count). The Labute approximate surface area is 168 Å². The van der Waals surface area contributed by atoms with E-state index >= 15 is 0 Å². The van der Waals surface area contributed by atoms with Gasteiger partial charge in [0.15, 0.2) is 0 Å². The third-order valence-electron chi connectivity index (χ3n) is 4.64. The van der Waals surface area contributed by atoms with E-state index < -0.39 is 0 Å². The molecule has 2 aromatic carbocycles. The molecule has 1 aromatic heterocycles. The van der Waals surface area contributed by atoms with Crippen LogP contribution < -0.4 is 5.32 Å². The summed E-state index contributed by atoms with van der Waals surface area (Å²) < 4.78 is 10.8. The molecule has 1 fully saturated rings. The van der Waals surface area contributed by atoms with Crippen LogP contribution in [0.25, 0.3) is 11.5 Å². The van der Waals surface area contributed by atoms with Crippen LogP contribution in [0.15, 0.2) is 65.3 Å². The first-order valence-electron chi connectivity index (χ1n) is 9.46. The summed E-state index contributed by atoms with van der Waals surface area (Å²) in [4.78, 5) is 31.5. The monoisotopic (exact) mass is 391 g/mol. The fourth-order valence-electron chi connectivity index (χ4n) is 3.18. The van der Waals surface area contributed by atoms with Crippen LogP contribution in [0, 0.1) is 0 Å². The number of morpholine rings is 1. The first-order chi connectivity index (χ1) is 14.2. The number of carbonyl (C=O) groups is 2.